The molecule has 25 N–H and O–H groups in total. The number of aromatic hydroxyl groups is 1. The van der Waals surface area contributed by atoms with E-state index in [1.165, 1.54) is 48.8 Å². The second-order valence-electron chi connectivity index (χ2n) is 12.9. The number of nitrogens with two attached hydrogens (primary N) is 5. The average Bonchev–Trinajstić information content (AvgIpc) is 3.23. The maximum absolute atomic E-state index is 14.0. The number of carbonyl (C=O) groups is 6. The molecule has 2 aromatic carbocycles. The van der Waals surface area contributed by atoms with Crippen LogP contribution in [0.2, 0.25) is 0 Å². The highest BCUT2D eigenvalue weighted by Gasteiger charge is 2.35. The van der Waals surface area contributed by atoms with E-state index in [0.29, 0.717) is 0 Å². The Bertz CT molecular complexity index is 2300. The van der Waals surface area contributed by atoms with Gasteiger partial charge in [-0.25, -0.2) is 9.97 Å². The molecule has 0 fully saturated rings. The van der Waals surface area contributed by atoms with Crippen molar-refractivity contribution in [2.75, 3.05) is 4.90 Å². The summed E-state index contributed by atoms with van der Waals surface area (Å²) in [6.07, 6.45) is -7.78. The van der Waals surface area contributed by atoms with Crippen LogP contribution in [0.15, 0.2) is 67.0 Å². The number of nitrogens with one attached hydrogen (secondary N) is 13. The molecule has 65 heavy (non-hydrogen) atoms. The van der Waals surface area contributed by atoms with Gasteiger partial charge in [0.05, 0.1) is 4.92 Å². The topological polar surface area (TPSA) is 549 Å². The molecule has 0 spiro atoms. The summed E-state index contributed by atoms with van der Waals surface area (Å²) in [5.74, 6) is -12.4. The lowest BCUT2D eigenvalue weighted by Crippen LogP contribution is -2.68. The fraction of sp³-hybridized carbons (Fsp3) is 0.212. The van der Waals surface area contributed by atoms with Crippen molar-refractivity contribution in [2.45, 2.75) is 43.5 Å². The number of amides is 6. The lowest BCUT2D eigenvalue weighted by molar-refractivity contribution is -0.385. The highest BCUT2D eigenvalue weighted by molar-refractivity contribution is 5.99. The highest BCUT2D eigenvalue weighted by atomic mass is 16.6. The van der Waals surface area contributed by atoms with Crippen LogP contribution in [-0.4, -0.2) is 115 Å². The first-order valence-electron chi connectivity index (χ1n) is 18.0. The molecular weight excluding hydrogens is 865 g/mol. The van der Waals surface area contributed by atoms with Crippen molar-refractivity contribution in [1.29, 1.82) is 21.6 Å². The van der Waals surface area contributed by atoms with E-state index in [1.807, 2.05) is 21.3 Å². The van der Waals surface area contributed by atoms with Gasteiger partial charge in [0.15, 0.2) is 54.3 Å². The standard InChI is InChI=1S/C33H44N22O10/c34-18(57)19(50-29(35)36)46-24(59)21(52-31(39)40)48-26(61)22(53-32(41)42)49-25(60)20(51-30(37)38)47-23(58)17(14-5-2-1-3-6-14)45-27(62)28(63)54(33-43-9-4-10-44-33)12-13-7-8-16(56)15(11-13)55(64)65/h1-11,17,19-22,28,56,63H,12H2,(H2,34,57)(H,45,62)(H,46,59)(H,47,58)(H,48,61)(H,49,60)(H4,35,36,50)(H4,37,38,51)(H4,39,40,52)(H4,41,42,53). The summed E-state index contributed by atoms with van der Waals surface area (Å²) in [7, 11) is 0. The average molecular weight is 909 g/mol. The monoisotopic (exact) mass is 908 g/mol. The normalized spacial score (nSPS) is 13.2. The van der Waals surface area contributed by atoms with Crippen molar-refractivity contribution in [3.05, 3.63) is 88.2 Å². The summed E-state index contributed by atoms with van der Waals surface area (Å²) in [6, 6.07) is 10.2. The van der Waals surface area contributed by atoms with Crippen LogP contribution in [0.3, 0.4) is 0 Å². The Morgan fingerprint density at radius 3 is 1.52 bits per heavy atom. The number of benzene rings is 2. The Labute approximate surface area is 365 Å². The molecule has 0 saturated carbocycles. The van der Waals surface area contributed by atoms with Gasteiger partial charge in [0.1, 0.15) is 6.04 Å². The van der Waals surface area contributed by atoms with Crippen LogP contribution in [0, 0.1) is 31.8 Å². The number of rotatable bonds is 21. The summed E-state index contributed by atoms with van der Waals surface area (Å²) in [5.41, 5.74) is 26.1. The SMILES string of the molecule is N=C(N)NC(NC(=O)C(NC(=N)N)NC(=O)C(NC(=N)N)NC(=O)C(NC(=N)N)NC(=O)C(NC(=O)C(O)N(Cc1ccc(O)c([N+](=O)[O-])c1)c1ncccn1)c1ccccc1)C(N)=O. The minimum atomic E-state index is -2.23. The number of hydrogen-bond donors (Lipinski definition) is 20. The van der Waals surface area contributed by atoms with E-state index in [1.54, 1.807) is 6.07 Å². The Hall–Kier alpha value is -9.62. The Balaban J connectivity index is 1.92. The molecule has 0 aliphatic rings. The van der Waals surface area contributed by atoms with E-state index in [4.69, 9.17) is 50.3 Å². The van der Waals surface area contributed by atoms with Crippen molar-refractivity contribution in [2.24, 2.45) is 28.7 Å². The van der Waals surface area contributed by atoms with E-state index in [-0.39, 0.29) is 17.1 Å². The molecule has 346 valence electrons. The van der Waals surface area contributed by atoms with Crippen molar-refractivity contribution in [3.63, 3.8) is 0 Å². The fourth-order valence-corrected chi connectivity index (χ4v) is 5.22. The Morgan fingerprint density at radius 1 is 0.631 bits per heavy atom. The zero-order chi connectivity index (χ0) is 48.5. The van der Waals surface area contributed by atoms with E-state index in [2.05, 4.69) is 36.6 Å². The predicted octanol–water partition coefficient (Wildman–Crippen LogP) is -7.54. The first-order valence-corrected chi connectivity index (χ1v) is 18.0. The molecule has 6 unspecified atom stereocenters. The summed E-state index contributed by atoms with van der Waals surface area (Å²) in [5, 5.41) is 81.9. The van der Waals surface area contributed by atoms with Crippen LogP contribution in [0.5, 0.6) is 5.75 Å². The molecule has 1 heterocycles. The number of carbonyl (C=O) groups excluding carboxylic acids is 6. The zero-order valence-electron chi connectivity index (χ0n) is 33.4. The van der Waals surface area contributed by atoms with Crippen LogP contribution in [0.1, 0.15) is 17.2 Å². The number of aromatic nitrogens is 2. The molecule has 0 saturated heterocycles. The predicted molar refractivity (Wildman–Crippen MR) is 223 cm³/mol. The number of nitro benzene ring substituents is 1. The minimum Gasteiger partial charge on any atom is -0.502 e. The third-order valence-corrected chi connectivity index (χ3v) is 8.03. The van der Waals surface area contributed by atoms with E-state index in [0.717, 1.165) is 17.0 Å². The maximum atomic E-state index is 14.0. The van der Waals surface area contributed by atoms with Crippen molar-refractivity contribution >= 4 is 70.9 Å². The zero-order valence-corrected chi connectivity index (χ0v) is 33.4. The summed E-state index contributed by atoms with van der Waals surface area (Å²) in [6.45, 7) is -0.461. The first kappa shape index (κ1) is 49.7. The minimum absolute atomic E-state index is 0.0547. The molecule has 32 nitrogen and oxygen atoms in total. The van der Waals surface area contributed by atoms with Gasteiger partial charge in [0, 0.05) is 25.0 Å². The van der Waals surface area contributed by atoms with E-state index >= 15 is 0 Å². The fourth-order valence-electron chi connectivity index (χ4n) is 5.22. The number of guanidine groups is 4. The molecule has 3 rings (SSSR count). The van der Waals surface area contributed by atoms with Gasteiger partial charge in [-0.15, -0.1) is 0 Å². The van der Waals surface area contributed by atoms with Gasteiger partial charge in [-0.2, -0.15) is 0 Å². The van der Waals surface area contributed by atoms with Gasteiger partial charge >= 0.3 is 5.69 Å². The number of hydrogen-bond acceptors (Lipinski definition) is 17. The van der Waals surface area contributed by atoms with Crippen LogP contribution >= 0.6 is 0 Å². The van der Waals surface area contributed by atoms with Gasteiger partial charge in [-0.05, 0) is 23.3 Å². The molecule has 6 atom stereocenters. The smallest absolute Gasteiger partial charge is 0.311 e. The number of primary amides is 1. The summed E-state index contributed by atoms with van der Waals surface area (Å²) < 4.78 is 0. The van der Waals surface area contributed by atoms with Crippen LogP contribution < -0.4 is 81.4 Å². The van der Waals surface area contributed by atoms with E-state index < -0.39 is 119 Å². The molecule has 0 bridgehead atoms. The maximum Gasteiger partial charge on any atom is 0.311 e. The molecule has 3 aromatic rings. The van der Waals surface area contributed by atoms with Gasteiger partial charge in [-0.3, -0.25) is 60.5 Å². The molecule has 0 aliphatic heterocycles. The van der Waals surface area contributed by atoms with Gasteiger partial charge in [0.25, 0.3) is 29.5 Å². The van der Waals surface area contributed by atoms with Crippen molar-refractivity contribution in [1.82, 2.24) is 57.8 Å². The third kappa shape index (κ3) is 15.1. The highest BCUT2D eigenvalue weighted by Crippen LogP contribution is 2.28. The van der Waals surface area contributed by atoms with Crippen LogP contribution in [0.4, 0.5) is 11.6 Å². The van der Waals surface area contributed by atoms with Crippen LogP contribution in [-0.2, 0) is 35.3 Å². The number of anilines is 1. The second kappa shape index (κ2) is 22.8. The Kier molecular flexibility index (Phi) is 17.5. The summed E-state index contributed by atoms with van der Waals surface area (Å²) in [4.78, 5) is 99.4. The number of phenolic OH excluding ortho intramolecular Hbond substituents is 1. The molecule has 32 heteroatoms. The molecule has 1 aromatic heterocycles. The van der Waals surface area contributed by atoms with Gasteiger partial charge in [0.2, 0.25) is 18.1 Å². The lowest BCUT2D eigenvalue weighted by atomic mass is 10.1. The molecule has 0 aliphatic carbocycles. The number of aliphatic hydroxyl groups excluding tert-OH is 1. The van der Waals surface area contributed by atoms with Gasteiger partial charge in [-0.1, -0.05) is 36.4 Å². The number of nitro groups is 1. The van der Waals surface area contributed by atoms with Gasteiger partial charge < -0.3 is 91.6 Å². The number of aliphatic hydroxyl groups is 1. The summed E-state index contributed by atoms with van der Waals surface area (Å²) >= 11 is 0. The first-order chi connectivity index (χ1) is 30.6. The molecule has 0 radical (unpaired) electrons. The van der Waals surface area contributed by atoms with Crippen molar-refractivity contribution in [3.8, 4) is 5.75 Å². The third-order valence-electron chi connectivity index (χ3n) is 8.03. The van der Waals surface area contributed by atoms with Crippen molar-refractivity contribution < 1.29 is 43.9 Å². The molecular formula is C33H44N22O10. The number of phenols is 1. The largest absolute Gasteiger partial charge is 0.502 e. The Morgan fingerprint density at radius 2 is 1.08 bits per heavy atom. The lowest BCUT2D eigenvalue weighted by Gasteiger charge is -2.30. The van der Waals surface area contributed by atoms with E-state index in [9.17, 15) is 49.1 Å². The number of nitrogens with zero attached hydrogens (tertiary/aromatic N) is 4. The van der Waals surface area contributed by atoms with Crippen LogP contribution in [0.25, 0.3) is 0 Å². The quantitative estimate of drug-likeness (QED) is 0.0155. The molecule has 6 amide bonds. The second-order valence-corrected chi connectivity index (χ2v) is 12.9.